The van der Waals surface area contributed by atoms with Gasteiger partial charge in [-0.15, -0.1) is 0 Å². The Morgan fingerprint density at radius 2 is 1.79 bits per heavy atom. The van der Waals surface area contributed by atoms with Crippen molar-refractivity contribution in [3.05, 3.63) is 60.3 Å². The monoisotopic (exact) mass is 342 g/mol. The first-order chi connectivity index (χ1) is 11.5. The Bertz CT molecular complexity index is 928. The summed E-state index contributed by atoms with van der Waals surface area (Å²) in [7, 11) is -3.54. The maximum absolute atomic E-state index is 13.0. The van der Waals surface area contributed by atoms with Crippen LogP contribution in [0.3, 0.4) is 0 Å². The molecule has 0 saturated carbocycles. The molecule has 3 rings (SSSR count). The van der Waals surface area contributed by atoms with Crippen LogP contribution in [0.5, 0.6) is 0 Å². The number of H-pyrrole nitrogens is 1. The number of sulfone groups is 1. The highest BCUT2D eigenvalue weighted by Gasteiger charge is 2.22. The summed E-state index contributed by atoms with van der Waals surface area (Å²) in [5.41, 5.74) is 1.89. The van der Waals surface area contributed by atoms with E-state index in [1.165, 1.54) is 0 Å². The summed E-state index contributed by atoms with van der Waals surface area (Å²) in [5, 5.41) is 4.18. The molecule has 3 aromatic rings. The summed E-state index contributed by atoms with van der Waals surface area (Å²) in [4.78, 5) is 3.78. The van der Waals surface area contributed by atoms with Crippen molar-refractivity contribution in [2.45, 2.75) is 36.1 Å². The SMILES string of the molecule is CC(C)NCCc1cccc2[nH]cc(S(=O)(=O)c3ccccc3)c12. The largest absolute Gasteiger partial charge is 0.360 e. The van der Waals surface area contributed by atoms with Crippen LogP contribution >= 0.6 is 0 Å². The topological polar surface area (TPSA) is 62.0 Å². The average molecular weight is 342 g/mol. The van der Waals surface area contributed by atoms with Gasteiger partial charge in [-0.1, -0.05) is 44.2 Å². The van der Waals surface area contributed by atoms with Crippen LogP contribution in [0.4, 0.5) is 0 Å². The second kappa shape index (κ2) is 6.79. The molecule has 0 atom stereocenters. The van der Waals surface area contributed by atoms with E-state index in [0.29, 0.717) is 15.8 Å². The molecule has 0 saturated heterocycles. The van der Waals surface area contributed by atoms with Crippen LogP contribution < -0.4 is 5.32 Å². The third kappa shape index (κ3) is 3.23. The van der Waals surface area contributed by atoms with E-state index < -0.39 is 9.84 Å². The molecule has 1 heterocycles. The molecule has 2 N–H and O–H groups in total. The predicted molar refractivity (Wildman–Crippen MR) is 97.0 cm³/mol. The van der Waals surface area contributed by atoms with Crippen LogP contribution in [0.15, 0.2) is 64.5 Å². The van der Waals surface area contributed by atoms with Crippen LogP contribution in [0.2, 0.25) is 0 Å². The van der Waals surface area contributed by atoms with Crippen molar-refractivity contribution < 1.29 is 8.42 Å². The zero-order chi connectivity index (χ0) is 17.2. The van der Waals surface area contributed by atoms with Crippen LogP contribution in [-0.4, -0.2) is 26.0 Å². The van der Waals surface area contributed by atoms with Gasteiger partial charge in [-0.25, -0.2) is 8.42 Å². The standard InChI is InChI=1S/C19H22N2O2S/c1-14(2)20-12-11-15-7-6-10-17-19(15)18(13-21-17)24(22,23)16-8-4-3-5-9-16/h3-10,13-14,20-21H,11-12H2,1-2H3. The number of fused-ring (bicyclic) bond motifs is 1. The van der Waals surface area contributed by atoms with Gasteiger partial charge in [0.2, 0.25) is 9.84 Å². The van der Waals surface area contributed by atoms with Gasteiger partial charge in [-0.05, 0) is 36.7 Å². The van der Waals surface area contributed by atoms with E-state index in [1.807, 2.05) is 24.3 Å². The van der Waals surface area contributed by atoms with Crippen LogP contribution in [0, 0.1) is 0 Å². The third-order valence-electron chi connectivity index (χ3n) is 4.05. The number of aromatic nitrogens is 1. The minimum Gasteiger partial charge on any atom is -0.360 e. The highest BCUT2D eigenvalue weighted by Crippen LogP contribution is 2.30. The van der Waals surface area contributed by atoms with Crippen molar-refractivity contribution in [3.63, 3.8) is 0 Å². The molecule has 4 nitrogen and oxygen atoms in total. The van der Waals surface area contributed by atoms with E-state index in [-0.39, 0.29) is 0 Å². The first-order valence-electron chi connectivity index (χ1n) is 8.12. The Balaban J connectivity index is 2.06. The number of aromatic amines is 1. The molecule has 0 unspecified atom stereocenters. The molecule has 2 aromatic carbocycles. The van der Waals surface area contributed by atoms with Crippen molar-refractivity contribution in [2.75, 3.05) is 6.54 Å². The fourth-order valence-electron chi connectivity index (χ4n) is 2.87. The Labute approximate surface area is 142 Å². The fourth-order valence-corrected chi connectivity index (χ4v) is 4.36. The molecule has 0 aliphatic carbocycles. The van der Waals surface area contributed by atoms with E-state index in [2.05, 4.69) is 24.1 Å². The molecular formula is C19H22N2O2S. The number of benzene rings is 2. The first-order valence-corrected chi connectivity index (χ1v) is 9.61. The summed E-state index contributed by atoms with van der Waals surface area (Å²) in [6, 6.07) is 14.9. The van der Waals surface area contributed by atoms with Crippen LogP contribution in [-0.2, 0) is 16.3 Å². The van der Waals surface area contributed by atoms with E-state index in [9.17, 15) is 8.42 Å². The highest BCUT2D eigenvalue weighted by atomic mass is 32.2. The van der Waals surface area contributed by atoms with Crippen molar-refractivity contribution in [1.29, 1.82) is 0 Å². The average Bonchev–Trinajstić information content (AvgIpc) is 3.01. The van der Waals surface area contributed by atoms with Gasteiger partial charge in [0.05, 0.1) is 9.79 Å². The quantitative estimate of drug-likeness (QED) is 0.720. The normalized spacial score (nSPS) is 12.1. The lowest BCUT2D eigenvalue weighted by Gasteiger charge is -2.10. The van der Waals surface area contributed by atoms with Gasteiger partial charge in [-0.2, -0.15) is 0 Å². The van der Waals surface area contributed by atoms with E-state index in [4.69, 9.17) is 0 Å². The maximum atomic E-state index is 13.0. The smallest absolute Gasteiger partial charge is 0.208 e. The molecular weight excluding hydrogens is 320 g/mol. The molecule has 0 bridgehead atoms. The third-order valence-corrected chi connectivity index (χ3v) is 5.84. The summed E-state index contributed by atoms with van der Waals surface area (Å²) >= 11 is 0. The van der Waals surface area contributed by atoms with Gasteiger partial charge < -0.3 is 10.3 Å². The molecule has 24 heavy (non-hydrogen) atoms. The van der Waals surface area contributed by atoms with Crippen molar-refractivity contribution in [3.8, 4) is 0 Å². The second-order valence-electron chi connectivity index (χ2n) is 6.17. The molecule has 1 aromatic heterocycles. The van der Waals surface area contributed by atoms with Gasteiger partial charge in [0.1, 0.15) is 0 Å². The molecule has 0 aliphatic heterocycles. The zero-order valence-electron chi connectivity index (χ0n) is 13.9. The molecule has 0 spiro atoms. The summed E-state index contributed by atoms with van der Waals surface area (Å²) in [6.45, 7) is 5.01. The van der Waals surface area contributed by atoms with Gasteiger partial charge in [0.25, 0.3) is 0 Å². The first kappa shape index (κ1) is 16.7. The van der Waals surface area contributed by atoms with E-state index in [0.717, 1.165) is 29.4 Å². The Hall–Kier alpha value is -2.11. The molecule has 0 fully saturated rings. The summed E-state index contributed by atoms with van der Waals surface area (Å²) in [6.07, 6.45) is 2.39. The van der Waals surface area contributed by atoms with Crippen LogP contribution in [0.25, 0.3) is 10.9 Å². The van der Waals surface area contributed by atoms with Crippen molar-refractivity contribution in [1.82, 2.24) is 10.3 Å². The predicted octanol–water partition coefficient (Wildman–Crippen LogP) is 3.54. The number of hydrogen-bond acceptors (Lipinski definition) is 3. The molecule has 126 valence electrons. The lowest BCUT2D eigenvalue weighted by molar-refractivity contribution is 0.590. The van der Waals surface area contributed by atoms with Crippen molar-refractivity contribution in [2.24, 2.45) is 0 Å². The highest BCUT2D eigenvalue weighted by molar-refractivity contribution is 7.91. The van der Waals surface area contributed by atoms with Crippen molar-refractivity contribution >= 4 is 20.7 Å². The van der Waals surface area contributed by atoms with Gasteiger partial charge >= 0.3 is 0 Å². The van der Waals surface area contributed by atoms with Gasteiger partial charge in [0, 0.05) is 23.1 Å². The lowest BCUT2D eigenvalue weighted by atomic mass is 10.1. The van der Waals surface area contributed by atoms with E-state index >= 15 is 0 Å². The van der Waals surface area contributed by atoms with Crippen LogP contribution in [0.1, 0.15) is 19.4 Å². The van der Waals surface area contributed by atoms with E-state index in [1.54, 1.807) is 30.5 Å². The molecule has 0 amide bonds. The summed E-state index contributed by atoms with van der Waals surface area (Å²) < 4.78 is 26.0. The number of nitrogens with one attached hydrogen (secondary N) is 2. The number of hydrogen-bond donors (Lipinski definition) is 2. The Kier molecular flexibility index (Phi) is 4.73. The molecule has 0 radical (unpaired) electrons. The summed E-state index contributed by atoms with van der Waals surface area (Å²) in [5.74, 6) is 0. The Morgan fingerprint density at radius 3 is 2.50 bits per heavy atom. The minimum atomic E-state index is -3.54. The molecule has 5 heteroatoms. The maximum Gasteiger partial charge on any atom is 0.208 e. The minimum absolute atomic E-state index is 0.320. The van der Waals surface area contributed by atoms with Gasteiger partial charge in [0.15, 0.2) is 0 Å². The Morgan fingerprint density at radius 1 is 1.04 bits per heavy atom. The lowest BCUT2D eigenvalue weighted by Crippen LogP contribution is -2.25. The second-order valence-corrected chi connectivity index (χ2v) is 8.09. The number of rotatable bonds is 6. The molecule has 0 aliphatic rings. The van der Waals surface area contributed by atoms with Gasteiger partial charge in [-0.3, -0.25) is 0 Å². The fraction of sp³-hybridized carbons (Fsp3) is 0.263. The zero-order valence-corrected chi connectivity index (χ0v) is 14.7.